The van der Waals surface area contributed by atoms with E-state index in [0.717, 1.165) is 31.5 Å². The molecule has 13 heteroatoms. The molecule has 0 aliphatic carbocycles. The molecule has 0 atom stereocenters. The summed E-state index contributed by atoms with van der Waals surface area (Å²) in [6, 6.07) is 7.91. The number of aromatic nitrogens is 4. The standard InChI is InChI=1S/C20H24N6O2.C2HF3O2/c1-25-13-17(19(24-25)16-5-3-4-6-18(16)28-2)20(27)23-14-11-22-26(12-14)15-7-9-21-10-8-15;3-2(4,5)1(6)7/h3-6,11-13,15,21H,7-10H2,1-2H3,(H,23,27);(H,6,7). The molecule has 35 heavy (non-hydrogen) atoms. The van der Waals surface area contributed by atoms with Crippen molar-refractivity contribution < 1.29 is 32.6 Å². The third-order valence-electron chi connectivity index (χ3n) is 5.22. The van der Waals surface area contributed by atoms with Crippen LogP contribution in [0.15, 0.2) is 42.9 Å². The van der Waals surface area contributed by atoms with E-state index in [2.05, 4.69) is 20.8 Å². The highest BCUT2D eigenvalue weighted by Crippen LogP contribution is 2.31. The van der Waals surface area contributed by atoms with Crippen LogP contribution < -0.4 is 15.4 Å². The van der Waals surface area contributed by atoms with Gasteiger partial charge in [0.1, 0.15) is 11.4 Å². The second-order valence-corrected chi connectivity index (χ2v) is 7.71. The zero-order chi connectivity index (χ0) is 25.6. The minimum atomic E-state index is -5.08. The summed E-state index contributed by atoms with van der Waals surface area (Å²) in [5, 5.41) is 22.3. The van der Waals surface area contributed by atoms with Crippen LogP contribution in [0, 0.1) is 0 Å². The summed E-state index contributed by atoms with van der Waals surface area (Å²) in [4.78, 5) is 21.9. The van der Waals surface area contributed by atoms with Crippen LogP contribution in [-0.2, 0) is 11.8 Å². The quantitative estimate of drug-likeness (QED) is 0.498. The maximum absolute atomic E-state index is 13.0. The number of hydrogen-bond acceptors (Lipinski definition) is 6. The molecule has 3 N–H and O–H groups in total. The predicted molar refractivity (Wildman–Crippen MR) is 120 cm³/mol. The number of methoxy groups -OCH3 is 1. The van der Waals surface area contributed by atoms with E-state index in [0.29, 0.717) is 28.7 Å². The van der Waals surface area contributed by atoms with Crippen molar-refractivity contribution in [2.75, 3.05) is 25.5 Å². The number of piperidine rings is 1. The number of halogens is 3. The first-order valence-electron chi connectivity index (χ1n) is 10.6. The third kappa shape index (κ3) is 6.59. The number of carbonyl (C=O) groups excluding carboxylic acids is 1. The number of aryl methyl sites for hydroxylation is 1. The minimum absolute atomic E-state index is 0.223. The molecule has 2 aromatic heterocycles. The molecule has 188 valence electrons. The molecule has 4 rings (SSSR count). The van der Waals surface area contributed by atoms with Crippen LogP contribution in [0.2, 0.25) is 0 Å². The first kappa shape index (κ1) is 25.7. The summed E-state index contributed by atoms with van der Waals surface area (Å²) in [5.74, 6) is -2.31. The van der Waals surface area contributed by atoms with Crippen LogP contribution in [0.5, 0.6) is 5.75 Å². The maximum Gasteiger partial charge on any atom is 0.490 e. The van der Waals surface area contributed by atoms with Gasteiger partial charge in [0, 0.05) is 25.0 Å². The fourth-order valence-corrected chi connectivity index (χ4v) is 3.57. The van der Waals surface area contributed by atoms with Crippen molar-refractivity contribution in [2.45, 2.75) is 25.1 Å². The predicted octanol–water partition coefficient (Wildman–Crippen LogP) is 3.10. The summed E-state index contributed by atoms with van der Waals surface area (Å²) in [6.45, 7) is 1.98. The smallest absolute Gasteiger partial charge is 0.490 e. The zero-order valence-corrected chi connectivity index (χ0v) is 19.0. The molecule has 0 bridgehead atoms. The number of anilines is 1. The van der Waals surface area contributed by atoms with Gasteiger partial charge in [-0.1, -0.05) is 12.1 Å². The van der Waals surface area contributed by atoms with Crippen molar-refractivity contribution in [1.29, 1.82) is 0 Å². The van der Waals surface area contributed by atoms with E-state index >= 15 is 0 Å². The molecule has 0 unspecified atom stereocenters. The lowest BCUT2D eigenvalue weighted by Gasteiger charge is -2.22. The van der Waals surface area contributed by atoms with Gasteiger partial charge in [0.2, 0.25) is 0 Å². The average molecular weight is 494 g/mol. The number of para-hydroxylation sites is 1. The fourth-order valence-electron chi connectivity index (χ4n) is 3.57. The van der Waals surface area contributed by atoms with Gasteiger partial charge >= 0.3 is 12.1 Å². The van der Waals surface area contributed by atoms with Gasteiger partial charge in [0.15, 0.2) is 0 Å². The van der Waals surface area contributed by atoms with Crippen LogP contribution in [-0.4, -0.2) is 62.9 Å². The highest BCUT2D eigenvalue weighted by molar-refractivity contribution is 6.08. The number of hydrogen-bond donors (Lipinski definition) is 3. The Balaban J connectivity index is 0.000000429. The van der Waals surface area contributed by atoms with Crippen molar-refractivity contribution in [2.24, 2.45) is 7.05 Å². The second-order valence-electron chi connectivity index (χ2n) is 7.71. The number of nitrogens with one attached hydrogen (secondary N) is 2. The summed E-state index contributed by atoms with van der Waals surface area (Å²) in [6.07, 6.45) is 2.30. The number of aliphatic carboxylic acids is 1. The Morgan fingerprint density at radius 1 is 1.20 bits per heavy atom. The molecule has 1 fully saturated rings. The number of ether oxygens (including phenoxy) is 1. The van der Waals surface area contributed by atoms with Crippen LogP contribution >= 0.6 is 0 Å². The largest absolute Gasteiger partial charge is 0.496 e. The Bertz CT molecular complexity index is 1170. The number of carboxylic acid groups (broad SMARTS) is 1. The summed E-state index contributed by atoms with van der Waals surface area (Å²) < 4.78 is 40.7. The van der Waals surface area contributed by atoms with Crippen molar-refractivity contribution in [1.82, 2.24) is 24.9 Å². The van der Waals surface area contributed by atoms with Gasteiger partial charge < -0.3 is 20.5 Å². The second kappa shape index (κ2) is 11.0. The Kier molecular flexibility index (Phi) is 8.12. The number of carboxylic acids is 1. The minimum Gasteiger partial charge on any atom is -0.496 e. The van der Waals surface area contributed by atoms with Crippen LogP contribution in [0.25, 0.3) is 11.3 Å². The number of nitrogens with zero attached hydrogens (tertiary/aromatic N) is 4. The third-order valence-corrected chi connectivity index (χ3v) is 5.22. The summed E-state index contributed by atoms with van der Waals surface area (Å²) in [5.41, 5.74) is 2.53. The molecular formula is C22H25F3N6O4. The Morgan fingerprint density at radius 3 is 2.49 bits per heavy atom. The van der Waals surface area contributed by atoms with Crippen molar-refractivity contribution >= 4 is 17.6 Å². The molecule has 1 saturated heterocycles. The van der Waals surface area contributed by atoms with Crippen molar-refractivity contribution in [3.8, 4) is 17.0 Å². The monoisotopic (exact) mass is 494 g/mol. The number of alkyl halides is 3. The topological polar surface area (TPSA) is 123 Å². The van der Waals surface area contributed by atoms with Gasteiger partial charge in [0.05, 0.1) is 30.6 Å². The number of benzene rings is 1. The lowest BCUT2D eigenvalue weighted by molar-refractivity contribution is -0.192. The number of carbonyl (C=O) groups is 2. The Hall–Kier alpha value is -3.87. The highest BCUT2D eigenvalue weighted by Gasteiger charge is 2.38. The SMILES string of the molecule is COc1ccccc1-c1nn(C)cc1C(=O)Nc1cnn(C2CCNCC2)c1.O=C(O)C(F)(F)F. The van der Waals surface area contributed by atoms with Crippen molar-refractivity contribution in [3.63, 3.8) is 0 Å². The molecule has 1 aliphatic heterocycles. The molecule has 1 amide bonds. The molecule has 0 spiro atoms. The van der Waals surface area contributed by atoms with Gasteiger partial charge in [-0.05, 0) is 38.1 Å². The van der Waals surface area contributed by atoms with E-state index < -0.39 is 12.1 Å². The lowest BCUT2D eigenvalue weighted by Crippen LogP contribution is -2.29. The lowest BCUT2D eigenvalue weighted by atomic mass is 10.1. The Morgan fingerprint density at radius 2 is 1.86 bits per heavy atom. The Labute approximate surface area is 198 Å². The molecule has 10 nitrogen and oxygen atoms in total. The van der Waals surface area contributed by atoms with Gasteiger partial charge in [-0.2, -0.15) is 23.4 Å². The van der Waals surface area contributed by atoms with E-state index in [1.54, 1.807) is 31.2 Å². The first-order chi connectivity index (χ1) is 16.6. The first-order valence-corrected chi connectivity index (χ1v) is 10.6. The molecule has 1 aromatic carbocycles. The van der Waals surface area contributed by atoms with E-state index in [4.69, 9.17) is 14.6 Å². The van der Waals surface area contributed by atoms with Gasteiger partial charge in [-0.25, -0.2) is 4.79 Å². The van der Waals surface area contributed by atoms with Gasteiger partial charge in [0.25, 0.3) is 5.91 Å². The fraction of sp³-hybridized carbons (Fsp3) is 0.364. The molecule has 1 aliphatic rings. The highest BCUT2D eigenvalue weighted by atomic mass is 19.4. The molecule has 3 heterocycles. The maximum atomic E-state index is 13.0. The van der Waals surface area contributed by atoms with Crippen LogP contribution in [0.3, 0.4) is 0 Å². The normalized spacial score (nSPS) is 14.1. The van der Waals surface area contributed by atoms with Crippen molar-refractivity contribution in [3.05, 3.63) is 48.4 Å². The van der Waals surface area contributed by atoms with Gasteiger partial charge in [-0.15, -0.1) is 0 Å². The molecule has 0 saturated carbocycles. The van der Waals surface area contributed by atoms with Crippen LogP contribution in [0.4, 0.5) is 18.9 Å². The average Bonchev–Trinajstić information content (AvgIpc) is 3.46. The molecule has 3 aromatic rings. The van der Waals surface area contributed by atoms with Crippen LogP contribution in [0.1, 0.15) is 29.2 Å². The number of amides is 1. The summed E-state index contributed by atoms with van der Waals surface area (Å²) >= 11 is 0. The molecular weight excluding hydrogens is 469 g/mol. The number of rotatable bonds is 5. The van der Waals surface area contributed by atoms with E-state index in [1.165, 1.54) is 0 Å². The van der Waals surface area contributed by atoms with Gasteiger partial charge in [-0.3, -0.25) is 14.2 Å². The van der Waals surface area contributed by atoms with E-state index in [-0.39, 0.29) is 5.91 Å². The zero-order valence-electron chi connectivity index (χ0n) is 19.0. The molecule has 0 radical (unpaired) electrons. The van der Waals surface area contributed by atoms with E-state index in [1.807, 2.05) is 35.1 Å². The summed E-state index contributed by atoms with van der Waals surface area (Å²) in [7, 11) is 3.40. The van der Waals surface area contributed by atoms with E-state index in [9.17, 15) is 18.0 Å².